The zero-order valence-corrected chi connectivity index (χ0v) is 10.2. The lowest BCUT2D eigenvalue weighted by molar-refractivity contribution is 1.11. The van der Waals surface area contributed by atoms with Crippen molar-refractivity contribution in [3.8, 4) is 0 Å². The highest BCUT2D eigenvalue weighted by Crippen LogP contribution is 2.19. The Bertz CT molecular complexity index is 510. The van der Waals surface area contributed by atoms with E-state index in [1.54, 1.807) is 18.6 Å². The smallest absolute Gasteiger partial charge is 0.132 e. The molecule has 0 saturated heterocycles. The third-order valence-electron chi connectivity index (χ3n) is 2.41. The van der Waals surface area contributed by atoms with Crippen LogP contribution in [0.1, 0.15) is 5.56 Å². The first kappa shape index (κ1) is 11.5. The van der Waals surface area contributed by atoms with Crippen molar-refractivity contribution in [2.45, 2.75) is 0 Å². The molecule has 0 aliphatic carbocycles. The first-order valence-electron chi connectivity index (χ1n) is 5.08. The van der Waals surface area contributed by atoms with Crippen LogP contribution in [0.25, 0.3) is 0 Å². The van der Waals surface area contributed by atoms with E-state index in [2.05, 4.69) is 9.97 Å². The maximum Gasteiger partial charge on any atom is 0.132 e. The van der Waals surface area contributed by atoms with Crippen molar-refractivity contribution in [3.05, 3.63) is 48.4 Å². The van der Waals surface area contributed by atoms with Gasteiger partial charge in [-0.2, -0.15) is 0 Å². The van der Waals surface area contributed by atoms with Gasteiger partial charge < -0.3 is 10.6 Å². The van der Waals surface area contributed by atoms with Gasteiger partial charge in [-0.3, -0.25) is 4.98 Å². The predicted molar refractivity (Wildman–Crippen MR) is 72.4 cm³/mol. The monoisotopic (exact) mass is 244 g/mol. The molecule has 0 fully saturated rings. The zero-order chi connectivity index (χ0) is 12.3. The van der Waals surface area contributed by atoms with Gasteiger partial charge in [0, 0.05) is 25.0 Å². The molecule has 0 bridgehead atoms. The molecule has 0 amide bonds. The van der Waals surface area contributed by atoms with Gasteiger partial charge in [0.1, 0.15) is 10.8 Å². The molecular weight excluding hydrogens is 232 g/mol. The number of hydrogen-bond acceptors (Lipinski definition) is 4. The number of rotatable bonds is 3. The molecule has 2 aromatic heterocycles. The second-order valence-electron chi connectivity index (χ2n) is 3.54. The Balaban J connectivity index is 2.26. The minimum Gasteiger partial charge on any atom is -0.389 e. The van der Waals surface area contributed by atoms with Gasteiger partial charge >= 0.3 is 0 Å². The van der Waals surface area contributed by atoms with Crippen molar-refractivity contribution in [3.63, 3.8) is 0 Å². The first-order chi connectivity index (χ1) is 8.18. The van der Waals surface area contributed by atoms with Gasteiger partial charge in [-0.15, -0.1) is 0 Å². The van der Waals surface area contributed by atoms with Crippen LogP contribution in [0.4, 0.5) is 11.5 Å². The van der Waals surface area contributed by atoms with E-state index in [9.17, 15) is 0 Å². The largest absolute Gasteiger partial charge is 0.389 e. The van der Waals surface area contributed by atoms with E-state index in [0.717, 1.165) is 17.1 Å². The van der Waals surface area contributed by atoms with Crippen LogP contribution < -0.4 is 10.6 Å². The quantitative estimate of drug-likeness (QED) is 0.835. The van der Waals surface area contributed by atoms with Crippen LogP contribution in [-0.4, -0.2) is 22.0 Å². The highest BCUT2D eigenvalue weighted by Gasteiger charge is 2.05. The highest BCUT2D eigenvalue weighted by atomic mass is 32.1. The normalized spacial score (nSPS) is 9.94. The summed E-state index contributed by atoms with van der Waals surface area (Å²) in [5.74, 6) is 0.818. The van der Waals surface area contributed by atoms with Crippen molar-refractivity contribution in [2.24, 2.45) is 5.73 Å². The Hall–Kier alpha value is -2.01. The van der Waals surface area contributed by atoms with Crippen LogP contribution in [0, 0.1) is 0 Å². The zero-order valence-electron chi connectivity index (χ0n) is 9.37. The molecule has 2 rings (SSSR count). The van der Waals surface area contributed by atoms with E-state index in [1.165, 1.54) is 0 Å². The number of pyridine rings is 2. The van der Waals surface area contributed by atoms with Crippen LogP contribution in [0.15, 0.2) is 42.9 Å². The average Bonchev–Trinajstić information content (AvgIpc) is 2.39. The molecule has 0 unspecified atom stereocenters. The van der Waals surface area contributed by atoms with Gasteiger partial charge in [0.05, 0.1) is 11.9 Å². The molecule has 0 aliphatic rings. The Morgan fingerprint density at radius 3 is 2.65 bits per heavy atom. The maximum absolute atomic E-state index is 5.52. The number of thiocarbonyl (C=S) groups is 1. The van der Waals surface area contributed by atoms with Gasteiger partial charge in [-0.05, 0) is 24.3 Å². The summed E-state index contributed by atoms with van der Waals surface area (Å²) in [6, 6.07) is 7.59. The molecule has 4 nitrogen and oxygen atoms in total. The molecular formula is C12H12N4S. The second kappa shape index (κ2) is 4.88. The van der Waals surface area contributed by atoms with E-state index in [1.807, 2.05) is 36.2 Å². The Morgan fingerprint density at radius 1 is 1.29 bits per heavy atom. The summed E-state index contributed by atoms with van der Waals surface area (Å²) in [5, 5.41) is 0. The minimum absolute atomic E-state index is 0.355. The molecule has 5 heteroatoms. The molecule has 0 aliphatic heterocycles. The summed E-state index contributed by atoms with van der Waals surface area (Å²) < 4.78 is 0. The lowest BCUT2D eigenvalue weighted by Crippen LogP contribution is -2.13. The molecule has 86 valence electrons. The topological polar surface area (TPSA) is 55.0 Å². The van der Waals surface area contributed by atoms with Crippen LogP contribution in [0.5, 0.6) is 0 Å². The van der Waals surface area contributed by atoms with Gasteiger partial charge in [-0.1, -0.05) is 12.2 Å². The lowest BCUT2D eigenvalue weighted by Gasteiger charge is -2.17. The summed E-state index contributed by atoms with van der Waals surface area (Å²) in [4.78, 5) is 10.7. The van der Waals surface area contributed by atoms with Crippen LogP contribution in [0.2, 0.25) is 0 Å². The van der Waals surface area contributed by atoms with Crippen molar-refractivity contribution >= 4 is 28.7 Å². The Kier molecular flexibility index (Phi) is 3.30. The number of nitrogens with zero attached hydrogens (tertiary/aromatic N) is 3. The predicted octanol–water partition coefficient (Wildman–Crippen LogP) is 1.88. The molecule has 2 N–H and O–H groups in total. The fourth-order valence-corrected chi connectivity index (χ4v) is 1.54. The summed E-state index contributed by atoms with van der Waals surface area (Å²) in [5.41, 5.74) is 7.26. The Labute approximate surface area is 105 Å². The average molecular weight is 244 g/mol. The van der Waals surface area contributed by atoms with E-state index >= 15 is 0 Å². The van der Waals surface area contributed by atoms with Crippen molar-refractivity contribution < 1.29 is 0 Å². The first-order valence-corrected chi connectivity index (χ1v) is 5.49. The third-order valence-corrected chi connectivity index (χ3v) is 2.64. The minimum atomic E-state index is 0.355. The molecule has 2 heterocycles. The fraction of sp³-hybridized carbons (Fsp3) is 0.0833. The molecule has 0 aromatic carbocycles. The van der Waals surface area contributed by atoms with Crippen molar-refractivity contribution in [1.29, 1.82) is 0 Å². The van der Waals surface area contributed by atoms with Crippen molar-refractivity contribution in [1.82, 2.24) is 9.97 Å². The van der Waals surface area contributed by atoms with E-state index in [-0.39, 0.29) is 0 Å². The van der Waals surface area contributed by atoms with Crippen LogP contribution in [0.3, 0.4) is 0 Å². The lowest BCUT2D eigenvalue weighted by atomic mass is 10.3. The highest BCUT2D eigenvalue weighted by molar-refractivity contribution is 7.80. The maximum atomic E-state index is 5.52. The summed E-state index contributed by atoms with van der Waals surface area (Å²) in [6.45, 7) is 0. The number of hydrogen-bond donors (Lipinski definition) is 1. The standard InChI is InChI=1S/C12H12N4S/c1-16(10-3-2-6-14-8-10)11-5-4-9(7-15-11)12(13)17/h2-8H,1H3,(H2,13,17). The van der Waals surface area contributed by atoms with E-state index < -0.39 is 0 Å². The Morgan fingerprint density at radius 2 is 2.12 bits per heavy atom. The number of anilines is 2. The second-order valence-corrected chi connectivity index (χ2v) is 3.98. The molecule has 17 heavy (non-hydrogen) atoms. The molecule has 0 atom stereocenters. The fourth-order valence-electron chi connectivity index (χ4n) is 1.41. The van der Waals surface area contributed by atoms with E-state index in [0.29, 0.717) is 4.99 Å². The summed E-state index contributed by atoms with van der Waals surface area (Å²) in [6.07, 6.45) is 5.19. The summed E-state index contributed by atoms with van der Waals surface area (Å²) in [7, 11) is 1.93. The molecule has 0 saturated carbocycles. The third kappa shape index (κ3) is 2.57. The van der Waals surface area contributed by atoms with Gasteiger partial charge in [0.25, 0.3) is 0 Å². The van der Waals surface area contributed by atoms with Crippen LogP contribution >= 0.6 is 12.2 Å². The van der Waals surface area contributed by atoms with E-state index in [4.69, 9.17) is 18.0 Å². The molecule has 0 radical (unpaired) electrons. The van der Waals surface area contributed by atoms with Gasteiger partial charge in [0.15, 0.2) is 0 Å². The van der Waals surface area contributed by atoms with Gasteiger partial charge in [-0.25, -0.2) is 4.98 Å². The number of nitrogens with two attached hydrogens (primary N) is 1. The van der Waals surface area contributed by atoms with Crippen molar-refractivity contribution in [2.75, 3.05) is 11.9 Å². The SMILES string of the molecule is CN(c1cccnc1)c1ccc(C(N)=S)cn1. The van der Waals surface area contributed by atoms with Gasteiger partial charge in [0.2, 0.25) is 0 Å². The number of aromatic nitrogens is 2. The molecule has 0 spiro atoms. The molecule has 2 aromatic rings. The summed E-state index contributed by atoms with van der Waals surface area (Å²) >= 11 is 4.88. The van der Waals surface area contributed by atoms with Crippen LogP contribution in [-0.2, 0) is 0 Å².